The van der Waals surface area contributed by atoms with E-state index >= 15 is 0 Å². The van der Waals surface area contributed by atoms with E-state index in [1.165, 1.54) is 0 Å². The van der Waals surface area contributed by atoms with Crippen molar-refractivity contribution < 1.29 is 19.4 Å². The summed E-state index contributed by atoms with van der Waals surface area (Å²) in [5.74, 6) is 0.0688. The molecule has 0 aromatic heterocycles. The lowest BCUT2D eigenvalue weighted by Gasteiger charge is -2.37. The molecule has 1 N–H and O–H groups in total. The normalized spacial score (nSPS) is 12.3. The number of aryl methyl sites for hydroxylation is 4. The summed E-state index contributed by atoms with van der Waals surface area (Å²) in [5.41, 5.74) is 6.36. The molecule has 3 aromatic carbocycles. The van der Waals surface area contributed by atoms with E-state index in [4.69, 9.17) is 9.47 Å². The molecule has 0 radical (unpaired) electrons. The van der Waals surface area contributed by atoms with Gasteiger partial charge >= 0.3 is 5.97 Å². The molecular weight excluding hydrogens is 412 g/mol. The fourth-order valence-electron chi connectivity index (χ4n) is 4.93. The van der Waals surface area contributed by atoms with Crippen LogP contribution in [0.4, 0.5) is 0 Å². The van der Waals surface area contributed by atoms with Crippen molar-refractivity contribution >= 4 is 5.97 Å². The van der Waals surface area contributed by atoms with Crippen molar-refractivity contribution in [2.75, 3.05) is 14.2 Å². The number of aliphatic carboxylic acids is 1. The lowest BCUT2D eigenvalue weighted by molar-refractivity contribution is -0.143. The Morgan fingerprint density at radius 2 is 1.27 bits per heavy atom. The topological polar surface area (TPSA) is 55.8 Å². The van der Waals surface area contributed by atoms with Gasteiger partial charge in [-0.1, -0.05) is 60.5 Å². The second-order valence-electron chi connectivity index (χ2n) is 9.16. The van der Waals surface area contributed by atoms with Gasteiger partial charge in [-0.2, -0.15) is 0 Å². The smallest absolute Gasteiger partial charge is 0.308 e. The average Bonchev–Trinajstić information content (AvgIpc) is 2.76. The first-order valence-corrected chi connectivity index (χ1v) is 11.2. The van der Waals surface area contributed by atoms with Crippen molar-refractivity contribution in [3.8, 4) is 11.5 Å². The van der Waals surface area contributed by atoms with E-state index in [0.29, 0.717) is 6.42 Å². The molecule has 0 saturated carbocycles. The van der Waals surface area contributed by atoms with Crippen LogP contribution in [0.2, 0.25) is 0 Å². The highest BCUT2D eigenvalue weighted by atomic mass is 16.5. The Kier molecular flexibility index (Phi) is 7.16. The number of carboxylic acid groups (broad SMARTS) is 1. The molecule has 1 atom stereocenters. The number of ether oxygens (including phenoxy) is 2. The van der Waals surface area contributed by atoms with Crippen LogP contribution in [0.1, 0.15) is 45.9 Å². The van der Waals surface area contributed by atoms with Crippen molar-refractivity contribution in [2.45, 2.75) is 46.5 Å². The minimum absolute atomic E-state index is 0.421. The van der Waals surface area contributed by atoms with E-state index in [2.05, 4.69) is 30.3 Å². The Labute approximate surface area is 197 Å². The minimum Gasteiger partial charge on any atom is -0.496 e. The predicted octanol–water partition coefficient (Wildman–Crippen LogP) is 6.19. The van der Waals surface area contributed by atoms with E-state index in [1.807, 2.05) is 58.9 Å². The Balaban J connectivity index is 2.24. The van der Waals surface area contributed by atoms with Gasteiger partial charge in [0.25, 0.3) is 0 Å². The minimum atomic E-state index is -0.821. The van der Waals surface area contributed by atoms with E-state index < -0.39 is 17.3 Å². The largest absolute Gasteiger partial charge is 0.496 e. The number of benzene rings is 3. The molecule has 0 amide bonds. The maximum absolute atomic E-state index is 12.8. The van der Waals surface area contributed by atoms with Gasteiger partial charge in [-0.3, -0.25) is 4.79 Å². The molecule has 0 aliphatic heterocycles. The van der Waals surface area contributed by atoms with Crippen LogP contribution in [0.15, 0.2) is 54.6 Å². The first-order valence-electron chi connectivity index (χ1n) is 11.2. The second-order valence-corrected chi connectivity index (χ2v) is 9.16. The van der Waals surface area contributed by atoms with Gasteiger partial charge in [0.1, 0.15) is 11.5 Å². The number of hydrogen-bond donors (Lipinski definition) is 1. The molecule has 0 spiro atoms. The molecule has 0 aliphatic carbocycles. The average molecular weight is 447 g/mol. The number of methoxy groups -OCH3 is 2. The summed E-state index contributed by atoms with van der Waals surface area (Å²) in [4.78, 5) is 12.8. The maximum Gasteiger partial charge on any atom is 0.308 e. The van der Waals surface area contributed by atoms with Gasteiger partial charge in [-0.05, 0) is 74.1 Å². The molecule has 0 heterocycles. The third kappa shape index (κ3) is 4.90. The van der Waals surface area contributed by atoms with Crippen LogP contribution in [0.5, 0.6) is 11.5 Å². The van der Waals surface area contributed by atoms with Crippen LogP contribution in [-0.2, 0) is 16.6 Å². The van der Waals surface area contributed by atoms with Crippen LogP contribution in [-0.4, -0.2) is 25.3 Å². The van der Waals surface area contributed by atoms with Gasteiger partial charge in [-0.15, -0.1) is 0 Å². The summed E-state index contributed by atoms with van der Waals surface area (Å²) >= 11 is 0. The Morgan fingerprint density at radius 1 is 0.818 bits per heavy atom. The SMILES string of the molecule is COc1ccc(C(C)(c2ccc(OC)c(C)c2)[C@H](Cc2cc(C)cc(C)c2)C(=O)O)cc1C. The zero-order chi connectivity index (χ0) is 24.3. The number of hydrogen-bond acceptors (Lipinski definition) is 3. The number of carbonyl (C=O) groups is 1. The summed E-state index contributed by atoms with van der Waals surface area (Å²) in [6, 6.07) is 18.2. The predicted molar refractivity (Wildman–Crippen MR) is 133 cm³/mol. The lowest BCUT2D eigenvalue weighted by atomic mass is 9.65. The van der Waals surface area contributed by atoms with Gasteiger partial charge in [0, 0.05) is 5.41 Å². The molecule has 3 rings (SSSR count). The maximum atomic E-state index is 12.8. The molecule has 0 bridgehead atoms. The van der Waals surface area contributed by atoms with E-state index in [0.717, 1.165) is 50.4 Å². The number of carboxylic acids is 1. The van der Waals surface area contributed by atoms with Crippen molar-refractivity contribution in [3.05, 3.63) is 93.5 Å². The van der Waals surface area contributed by atoms with Crippen LogP contribution in [0.25, 0.3) is 0 Å². The van der Waals surface area contributed by atoms with Gasteiger partial charge < -0.3 is 14.6 Å². The van der Waals surface area contributed by atoms with Crippen LogP contribution in [0, 0.1) is 33.6 Å². The molecule has 174 valence electrons. The van der Waals surface area contributed by atoms with Crippen molar-refractivity contribution in [1.82, 2.24) is 0 Å². The summed E-state index contributed by atoms with van der Waals surface area (Å²) in [5, 5.41) is 10.5. The molecule has 4 heteroatoms. The first-order chi connectivity index (χ1) is 15.6. The van der Waals surface area contributed by atoms with Gasteiger partial charge in [-0.25, -0.2) is 0 Å². The van der Waals surface area contributed by atoms with Crippen molar-refractivity contribution in [2.24, 2.45) is 5.92 Å². The monoisotopic (exact) mass is 446 g/mol. The van der Waals surface area contributed by atoms with E-state index in [1.54, 1.807) is 14.2 Å². The molecule has 3 aromatic rings. The van der Waals surface area contributed by atoms with Crippen LogP contribution < -0.4 is 9.47 Å². The highest BCUT2D eigenvalue weighted by molar-refractivity contribution is 5.75. The molecule has 0 unspecified atom stereocenters. The first kappa shape index (κ1) is 24.4. The fourth-order valence-corrected chi connectivity index (χ4v) is 4.93. The van der Waals surface area contributed by atoms with Gasteiger partial charge in [0.15, 0.2) is 0 Å². The zero-order valence-electron chi connectivity index (χ0n) is 20.7. The Morgan fingerprint density at radius 3 is 1.64 bits per heavy atom. The van der Waals surface area contributed by atoms with Crippen LogP contribution in [0.3, 0.4) is 0 Å². The molecular formula is C29H34O4. The molecule has 4 nitrogen and oxygen atoms in total. The van der Waals surface area contributed by atoms with Crippen molar-refractivity contribution in [1.29, 1.82) is 0 Å². The third-order valence-electron chi connectivity index (χ3n) is 6.71. The highest BCUT2D eigenvalue weighted by Gasteiger charge is 2.42. The second kappa shape index (κ2) is 9.70. The molecule has 0 saturated heterocycles. The quantitative estimate of drug-likeness (QED) is 0.448. The lowest BCUT2D eigenvalue weighted by Crippen LogP contribution is -2.40. The van der Waals surface area contributed by atoms with Gasteiger partial charge in [0.2, 0.25) is 0 Å². The highest BCUT2D eigenvalue weighted by Crippen LogP contribution is 2.43. The standard InChI is InChI=1S/C29H34O4/c1-18-12-19(2)14-22(13-18)17-25(28(30)31)29(5,23-8-10-26(32-6)20(3)15-23)24-9-11-27(33-7)21(4)16-24/h8-16,25H,17H2,1-7H3,(H,30,31)/t25-/m1/s1. The number of rotatable bonds is 8. The summed E-state index contributed by atoms with van der Waals surface area (Å²) in [6.45, 7) is 10.1. The Hall–Kier alpha value is -3.27. The summed E-state index contributed by atoms with van der Waals surface area (Å²) < 4.78 is 10.9. The zero-order valence-corrected chi connectivity index (χ0v) is 20.7. The van der Waals surface area contributed by atoms with Crippen molar-refractivity contribution in [3.63, 3.8) is 0 Å². The molecule has 33 heavy (non-hydrogen) atoms. The van der Waals surface area contributed by atoms with E-state index in [9.17, 15) is 9.90 Å². The summed E-state index contributed by atoms with van der Waals surface area (Å²) in [6.07, 6.45) is 0.421. The Bertz CT molecular complexity index is 1090. The van der Waals surface area contributed by atoms with E-state index in [-0.39, 0.29) is 0 Å². The third-order valence-corrected chi connectivity index (χ3v) is 6.71. The van der Waals surface area contributed by atoms with Crippen LogP contribution >= 0.6 is 0 Å². The molecule has 0 fully saturated rings. The fraction of sp³-hybridized carbons (Fsp3) is 0.345. The summed E-state index contributed by atoms with van der Waals surface area (Å²) in [7, 11) is 3.29. The molecule has 0 aliphatic rings. The van der Waals surface area contributed by atoms with Gasteiger partial charge in [0.05, 0.1) is 20.1 Å².